The number of halogens is 2. The molecule has 0 aliphatic carbocycles. The van der Waals surface area contributed by atoms with E-state index in [-0.39, 0.29) is 30.3 Å². The number of aliphatic hydroxyl groups excluding tert-OH is 1. The highest BCUT2D eigenvalue weighted by Gasteiger charge is 2.48. The molecule has 0 spiro atoms. The van der Waals surface area contributed by atoms with Crippen LogP contribution in [-0.4, -0.2) is 49.9 Å². The van der Waals surface area contributed by atoms with E-state index in [2.05, 4.69) is 5.32 Å². The molecular formula is C31H35F2N3O5. The summed E-state index contributed by atoms with van der Waals surface area (Å²) < 4.78 is 37.3. The largest absolute Gasteiger partial charge is 0.388 e. The van der Waals surface area contributed by atoms with Crippen LogP contribution in [0.3, 0.4) is 0 Å². The second-order valence-electron chi connectivity index (χ2n) is 9.85. The van der Waals surface area contributed by atoms with Crippen molar-refractivity contribution < 1.29 is 33.0 Å². The quantitative estimate of drug-likeness (QED) is 0.190. The molecule has 0 aromatic heterocycles. The number of anilines is 1. The molecule has 4 rings (SSSR count). The minimum Gasteiger partial charge on any atom is -0.388 e. The fourth-order valence-corrected chi connectivity index (χ4v) is 4.84. The molecule has 1 aliphatic rings. The van der Waals surface area contributed by atoms with Crippen LogP contribution in [0.5, 0.6) is 0 Å². The minimum absolute atomic E-state index is 0.0770. The van der Waals surface area contributed by atoms with Gasteiger partial charge in [0.25, 0.3) is 0 Å². The number of hydrogen-bond donors (Lipinski definition) is 3. The topological polar surface area (TPSA) is 114 Å². The molecular weight excluding hydrogens is 532 g/mol. The van der Waals surface area contributed by atoms with E-state index in [1.165, 1.54) is 36.4 Å². The molecule has 4 N–H and O–H groups in total. The zero-order chi connectivity index (χ0) is 29.2. The van der Waals surface area contributed by atoms with E-state index in [1.54, 1.807) is 17.0 Å². The fourth-order valence-electron chi connectivity index (χ4n) is 4.84. The Morgan fingerprint density at radius 1 is 0.927 bits per heavy atom. The van der Waals surface area contributed by atoms with Crippen molar-refractivity contribution in [3.63, 3.8) is 0 Å². The van der Waals surface area contributed by atoms with Gasteiger partial charge in [0.05, 0.1) is 37.9 Å². The lowest BCUT2D eigenvalue weighted by atomic mass is 9.78. The smallest absolute Gasteiger partial charge is 0.246 e. The van der Waals surface area contributed by atoms with Gasteiger partial charge in [-0.2, -0.15) is 0 Å². The van der Waals surface area contributed by atoms with Gasteiger partial charge >= 0.3 is 0 Å². The summed E-state index contributed by atoms with van der Waals surface area (Å²) in [4.78, 5) is 27.0. The average Bonchev–Trinajstić information content (AvgIpc) is 2.98. The van der Waals surface area contributed by atoms with Gasteiger partial charge < -0.3 is 30.5 Å². The van der Waals surface area contributed by atoms with Crippen molar-refractivity contribution in [2.45, 2.75) is 31.5 Å². The van der Waals surface area contributed by atoms with Gasteiger partial charge in [0.15, 0.2) is 0 Å². The molecule has 0 radical (unpaired) electrons. The first-order valence-corrected chi connectivity index (χ1v) is 13.6. The number of β-lactam (4-membered cyclic amide) rings is 1. The summed E-state index contributed by atoms with van der Waals surface area (Å²) >= 11 is 0. The van der Waals surface area contributed by atoms with Crippen molar-refractivity contribution in [1.29, 1.82) is 0 Å². The van der Waals surface area contributed by atoms with Gasteiger partial charge in [-0.05, 0) is 65.9 Å². The van der Waals surface area contributed by atoms with Crippen LogP contribution in [0, 0.1) is 17.6 Å². The SMILES string of the molecule is NCCOCCOCC(=O)NCc1ccc(C2C(CCC(O)c3ccc(F)cc3)C(=O)N2c2ccc(F)cc2)cc1. The van der Waals surface area contributed by atoms with Crippen LogP contribution in [0.25, 0.3) is 0 Å². The number of ether oxygens (including phenoxy) is 2. The molecule has 218 valence electrons. The van der Waals surface area contributed by atoms with E-state index in [0.29, 0.717) is 57.0 Å². The lowest BCUT2D eigenvalue weighted by Gasteiger charge is -2.48. The van der Waals surface area contributed by atoms with Crippen LogP contribution in [0.15, 0.2) is 72.8 Å². The standard InChI is InChI=1S/C31H35F2N3O5/c32-24-7-5-22(6-8-24)28(37)14-13-27-30(36(31(27)39)26-11-9-25(33)10-12-26)23-3-1-21(2-4-23)19-35-29(38)20-41-18-17-40-16-15-34/h1-12,27-28,30,37H,13-20,34H2,(H,35,38). The van der Waals surface area contributed by atoms with Gasteiger partial charge in [-0.15, -0.1) is 0 Å². The van der Waals surface area contributed by atoms with Crippen molar-refractivity contribution in [2.75, 3.05) is 37.9 Å². The van der Waals surface area contributed by atoms with E-state index in [9.17, 15) is 23.5 Å². The van der Waals surface area contributed by atoms with Crippen molar-refractivity contribution in [1.82, 2.24) is 5.32 Å². The third kappa shape index (κ3) is 8.17. The Morgan fingerprint density at radius 3 is 2.22 bits per heavy atom. The van der Waals surface area contributed by atoms with E-state index >= 15 is 0 Å². The number of amides is 2. The van der Waals surface area contributed by atoms with Gasteiger partial charge in [-0.3, -0.25) is 9.59 Å². The molecule has 0 saturated carbocycles. The minimum atomic E-state index is -0.836. The normalized spacial score (nSPS) is 17.3. The third-order valence-electron chi connectivity index (χ3n) is 7.00. The van der Waals surface area contributed by atoms with E-state index in [0.717, 1.165) is 11.1 Å². The highest BCUT2D eigenvalue weighted by Crippen LogP contribution is 2.46. The summed E-state index contributed by atoms with van der Waals surface area (Å²) in [7, 11) is 0. The van der Waals surface area contributed by atoms with Crippen LogP contribution in [-0.2, 0) is 25.6 Å². The summed E-state index contributed by atoms with van der Waals surface area (Å²) in [5.41, 5.74) is 8.27. The summed E-state index contributed by atoms with van der Waals surface area (Å²) in [5.74, 6) is -1.54. The molecule has 3 aromatic carbocycles. The summed E-state index contributed by atoms with van der Waals surface area (Å²) in [5, 5.41) is 13.4. The first kappa shape index (κ1) is 30.3. The van der Waals surface area contributed by atoms with Crippen molar-refractivity contribution >= 4 is 17.5 Å². The van der Waals surface area contributed by atoms with Crippen LogP contribution in [0.1, 0.15) is 41.7 Å². The lowest BCUT2D eigenvalue weighted by Crippen LogP contribution is -2.55. The molecule has 41 heavy (non-hydrogen) atoms. The third-order valence-corrected chi connectivity index (χ3v) is 7.00. The summed E-state index contributed by atoms with van der Waals surface area (Å²) in [6.45, 7) is 1.78. The number of aliphatic hydroxyl groups is 1. The van der Waals surface area contributed by atoms with Gasteiger partial charge in [0.1, 0.15) is 18.2 Å². The van der Waals surface area contributed by atoms with E-state index in [4.69, 9.17) is 15.2 Å². The lowest BCUT2D eigenvalue weighted by molar-refractivity contribution is -0.131. The number of nitrogens with two attached hydrogens (primary N) is 1. The molecule has 1 fully saturated rings. The maximum Gasteiger partial charge on any atom is 0.246 e. The maximum atomic E-state index is 13.6. The van der Waals surface area contributed by atoms with Gasteiger partial charge in [0.2, 0.25) is 11.8 Å². The highest BCUT2D eigenvalue weighted by atomic mass is 19.1. The first-order chi connectivity index (χ1) is 19.9. The monoisotopic (exact) mass is 567 g/mol. The van der Waals surface area contributed by atoms with Crippen LogP contribution >= 0.6 is 0 Å². The zero-order valence-corrected chi connectivity index (χ0v) is 22.7. The molecule has 0 bridgehead atoms. The fraction of sp³-hybridized carbons (Fsp3) is 0.355. The van der Waals surface area contributed by atoms with Crippen molar-refractivity contribution in [3.8, 4) is 0 Å². The van der Waals surface area contributed by atoms with Crippen LogP contribution < -0.4 is 16.0 Å². The number of rotatable bonds is 15. The number of carbonyl (C=O) groups excluding carboxylic acids is 2. The second kappa shape index (κ2) is 14.8. The van der Waals surface area contributed by atoms with E-state index in [1.807, 2.05) is 24.3 Å². The number of nitrogens with one attached hydrogen (secondary N) is 1. The number of carbonyl (C=O) groups is 2. The first-order valence-electron chi connectivity index (χ1n) is 13.6. The highest BCUT2D eigenvalue weighted by molar-refractivity contribution is 6.03. The van der Waals surface area contributed by atoms with E-state index < -0.39 is 17.8 Å². The molecule has 3 atom stereocenters. The average molecular weight is 568 g/mol. The Hall–Kier alpha value is -3.70. The number of hydrogen-bond acceptors (Lipinski definition) is 6. The van der Waals surface area contributed by atoms with Gasteiger partial charge in [-0.1, -0.05) is 36.4 Å². The Bertz CT molecular complexity index is 1270. The zero-order valence-electron chi connectivity index (χ0n) is 22.7. The number of nitrogens with zero attached hydrogens (tertiary/aromatic N) is 1. The van der Waals surface area contributed by atoms with Crippen LogP contribution in [0.2, 0.25) is 0 Å². The summed E-state index contributed by atoms with van der Waals surface area (Å²) in [6, 6.07) is 18.7. The Kier molecular flexibility index (Phi) is 10.9. The van der Waals surface area contributed by atoms with Crippen molar-refractivity contribution in [2.24, 2.45) is 11.7 Å². The van der Waals surface area contributed by atoms with Gasteiger partial charge in [-0.25, -0.2) is 8.78 Å². The molecule has 8 nitrogen and oxygen atoms in total. The molecule has 10 heteroatoms. The molecule has 2 amide bonds. The Labute approximate surface area is 238 Å². The predicted molar refractivity (Wildman–Crippen MR) is 150 cm³/mol. The van der Waals surface area contributed by atoms with Crippen molar-refractivity contribution in [3.05, 3.63) is 101 Å². The Balaban J connectivity index is 1.38. The van der Waals surface area contributed by atoms with Crippen LogP contribution in [0.4, 0.5) is 14.5 Å². The molecule has 1 aliphatic heterocycles. The maximum absolute atomic E-state index is 13.6. The second-order valence-corrected chi connectivity index (χ2v) is 9.85. The Morgan fingerprint density at radius 2 is 1.56 bits per heavy atom. The molecule has 3 unspecified atom stereocenters. The summed E-state index contributed by atoms with van der Waals surface area (Å²) in [6.07, 6.45) is -0.104. The molecule has 1 heterocycles. The number of benzene rings is 3. The predicted octanol–water partition coefficient (Wildman–Crippen LogP) is 3.79. The molecule has 3 aromatic rings. The molecule has 1 saturated heterocycles. The van der Waals surface area contributed by atoms with Gasteiger partial charge in [0, 0.05) is 18.8 Å².